The number of nitrogens with zero attached hydrogens (tertiary/aromatic N) is 3. The molecular formula is C74H63N3. The normalized spacial score (nSPS) is 18.5. The Hall–Kier alpha value is -8.76. The number of hydrogen-bond donors (Lipinski definition) is 0. The summed E-state index contributed by atoms with van der Waals surface area (Å²) >= 11 is 0. The van der Waals surface area contributed by atoms with Gasteiger partial charge in [0.25, 0.3) is 0 Å². The van der Waals surface area contributed by atoms with Crippen molar-refractivity contribution in [3.63, 3.8) is 0 Å². The van der Waals surface area contributed by atoms with Crippen molar-refractivity contribution in [1.29, 1.82) is 10.5 Å². The van der Waals surface area contributed by atoms with E-state index in [1.54, 1.807) is 6.08 Å². The fourth-order valence-corrected chi connectivity index (χ4v) is 13.8. The predicted octanol–water partition coefficient (Wildman–Crippen LogP) is 19.9. The van der Waals surface area contributed by atoms with Crippen molar-refractivity contribution >= 4 is 60.9 Å². The molecule has 1 fully saturated rings. The molecule has 0 N–H and O–H groups in total. The Bertz CT molecular complexity index is 4150. The monoisotopic (exact) mass is 994 g/mol. The molecule has 13 rings (SSSR count). The molecule has 8 aromatic carbocycles. The molecule has 374 valence electrons. The molecule has 3 atom stereocenters. The molecule has 2 aromatic heterocycles. The molecule has 1 saturated carbocycles. The van der Waals surface area contributed by atoms with Crippen LogP contribution in [-0.4, -0.2) is 4.40 Å². The average Bonchev–Trinajstić information content (AvgIpc) is 3.26. The number of allylic oxidation sites excluding steroid dienone is 7. The molecule has 0 aliphatic heterocycles. The first-order valence-corrected chi connectivity index (χ1v) is 27.5. The number of rotatable bonds is 10. The van der Waals surface area contributed by atoms with Crippen molar-refractivity contribution in [2.75, 3.05) is 0 Å². The number of nitriles is 2. The van der Waals surface area contributed by atoms with Gasteiger partial charge >= 0.3 is 0 Å². The summed E-state index contributed by atoms with van der Waals surface area (Å²) in [6.07, 6.45) is 18.0. The molecule has 10 aromatic rings. The van der Waals surface area contributed by atoms with E-state index in [0.29, 0.717) is 11.5 Å². The van der Waals surface area contributed by atoms with E-state index in [1.165, 1.54) is 49.4 Å². The largest absolute Gasteiger partial charge is 0.308 e. The second-order valence-electron chi connectivity index (χ2n) is 22.1. The summed E-state index contributed by atoms with van der Waals surface area (Å²) < 4.78 is 2.50. The van der Waals surface area contributed by atoms with Crippen molar-refractivity contribution in [3.8, 4) is 45.5 Å². The van der Waals surface area contributed by atoms with Crippen molar-refractivity contribution < 1.29 is 0 Å². The molecule has 77 heavy (non-hydrogen) atoms. The van der Waals surface area contributed by atoms with Gasteiger partial charge in [-0.3, -0.25) is 0 Å². The van der Waals surface area contributed by atoms with Gasteiger partial charge in [-0.15, -0.1) is 0 Å². The van der Waals surface area contributed by atoms with Crippen LogP contribution >= 0.6 is 0 Å². The van der Waals surface area contributed by atoms with Gasteiger partial charge in [0, 0.05) is 27.0 Å². The SMILES string of the molecule is C=C/C=C\C.CCCCC1(C)C=C(C)c2c(C#N)cc3c(c21)c1c(C(=Cc2ccccc2)c2ccccc2)cc(-c2c(-c4ccccc4)cccc2-c2ccccc2)c2c4c5c(c(C#N)cc4n3c12)C1(C)CC1CC=C5C. The summed E-state index contributed by atoms with van der Waals surface area (Å²) in [5, 5.41) is 27.5. The van der Waals surface area contributed by atoms with Gasteiger partial charge in [0.05, 0.1) is 39.8 Å². The molecular weight excluding hydrogens is 931 g/mol. The number of unbranched alkanes of at least 4 members (excludes halogenated alkanes) is 1. The maximum atomic E-state index is 11.4. The fraction of sp³-hybridized carbons (Fsp3) is 0.189. The Labute approximate surface area is 454 Å². The van der Waals surface area contributed by atoms with E-state index in [9.17, 15) is 10.5 Å². The number of benzene rings is 8. The summed E-state index contributed by atoms with van der Waals surface area (Å²) in [5.74, 6) is 0.485. The first-order valence-electron chi connectivity index (χ1n) is 27.5. The van der Waals surface area contributed by atoms with E-state index in [1.807, 2.05) is 19.1 Å². The van der Waals surface area contributed by atoms with E-state index in [4.69, 9.17) is 0 Å². The zero-order chi connectivity index (χ0) is 53.2. The van der Waals surface area contributed by atoms with Crippen LogP contribution in [0.5, 0.6) is 0 Å². The highest BCUT2D eigenvalue weighted by Gasteiger charge is 2.54. The minimum atomic E-state index is -0.325. The third-order valence-electron chi connectivity index (χ3n) is 17.3. The molecule has 0 spiro atoms. The van der Waals surface area contributed by atoms with Crippen molar-refractivity contribution in [1.82, 2.24) is 4.40 Å². The number of aromatic nitrogens is 1. The zero-order valence-corrected chi connectivity index (χ0v) is 45.1. The van der Waals surface area contributed by atoms with Crippen LogP contribution in [0.3, 0.4) is 0 Å². The van der Waals surface area contributed by atoms with E-state index < -0.39 is 0 Å². The van der Waals surface area contributed by atoms with Gasteiger partial charge in [0.2, 0.25) is 0 Å². The molecule has 0 radical (unpaired) electrons. The lowest BCUT2D eigenvalue weighted by Crippen LogP contribution is -2.17. The Balaban J connectivity index is 0.00000114. The van der Waals surface area contributed by atoms with E-state index in [2.05, 4.69) is 234 Å². The second-order valence-corrected chi connectivity index (χ2v) is 22.1. The van der Waals surface area contributed by atoms with Crippen LogP contribution in [0.4, 0.5) is 0 Å². The minimum Gasteiger partial charge on any atom is -0.308 e. The van der Waals surface area contributed by atoms with Crippen LogP contribution in [0.2, 0.25) is 0 Å². The maximum Gasteiger partial charge on any atom is 0.0998 e. The summed E-state index contributed by atoms with van der Waals surface area (Å²) in [4.78, 5) is 0. The van der Waals surface area contributed by atoms with E-state index >= 15 is 0 Å². The van der Waals surface area contributed by atoms with Crippen molar-refractivity contribution in [2.24, 2.45) is 5.92 Å². The minimum absolute atomic E-state index is 0.114. The first kappa shape index (κ1) is 49.1. The first-order chi connectivity index (χ1) is 37.6. The van der Waals surface area contributed by atoms with Crippen LogP contribution in [0, 0.1) is 28.6 Å². The Morgan fingerprint density at radius 3 is 1.87 bits per heavy atom. The van der Waals surface area contributed by atoms with Gasteiger partial charge < -0.3 is 4.40 Å². The van der Waals surface area contributed by atoms with Crippen LogP contribution < -0.4 is 0 Å². The van der Waals surface area contributed by atoms with Crippen LogP contribution in [-0.2, 0) is 10.8 Å². The van der Waals surface area contributed by atoms with E-state index in [-0.39, 0.29) is 10.8 Å². The Morgan fingerprint density at radius 1 is 0.662 bits per heavy atom. The average molecular weight is 994 g/mol. The fourth-order valence-electron chi connectivity index (χ4n) is 13.8. The molecule has 3 heteroatoms. The lowest BCUT2D eigenvalue weighted by atomic mass is 9.76. The van der Waals surface area contributed by atoms with Gasteiger partial charge in [-0.2, -0.15) is 10.5 Å². The van der Waals surface area contributed by atoms with Crippen LogP contribution in [0.1, 0.15) is 124 Å². The summed E-state index contributed by atoms with van der Waals surface area (Å²) in [7, 11) is 0. The maximum absolute atomic E-state index is 11.4. The summed E-state index contributed by atoms with van der Waals surface area (Å²) in [6.45, 7) is 17.0. The molecule has 3 unspecified atom stereocenters. The third kappa shape index (κ3) is 7.83. The highest BCUT2D eigenvalue weighted by atomic mass is 14.9. The molecule has 3 aliphatic carbocycles. The van der Waals surface area contributed by atoms with Gasteiger partial charge in [-0.05, 0) is 165 Å². The zero-order valence-electron chi connectivity index (χ0n) is 45.1. The molecule has 2 heterocycles. The quantitative estimate of drug-likeness (QED) is 0.101. The van der Waals surface area contributed by atoms with Gasteiger partial charge in [-0.25, -0.2) is 0 Å². The molecule has 0 saturated heterocycles. The van der Waals surface area contributed by atoms with Crippen LogP contribution in [0.25, 0.3) is 94.3 Å². The molecule has 3 nitrogen and oxygen atoms in total. The summed E-state index contributed by atoms with van der Waals surface area (Å²) in [5.41, 5.74) is 22.7. The molecule has 3 aliphatic rings. The van der Waals surface area contributed by atoms with Crippen molar-refractivity contribution in [2.45, 2.75) is 84.5 Å². The highest BCUT2D eigenvalue weighted by molar-refractivity contribution is 6.33. The second kappa shape index (κ2) is 19.4. The number of fused-ring (bicyclic) bond motifs is 12. The van der Waals surface area contributed by atoms with Crippen LogP contribution in [0.15, 0.2) is 195 Å². The Kier molecular flexibility index (Phi) is 12.4. The predicted molar refractivity (Wildman–Crippen MR) is 326 cm³/mol. The van der Waals surface area contributed by atoms with Crippen molar-refractivity contribution in [3.05, 3.63) is 245 Å². The smallest absolute Gasteiger partial charge is 0.0998 e. The standard InChI is InChI=1S/C69H55N3.C5H8/c1-6-7-33-68(4)38-43(3)58-48(40-70)35-57-64(66(58)68)61-54(53(47-27-18-11-19-28-47)34-44-21-12-8-13-22-44)37-55(60-51(45-23-14-9-15-24-45)29-20-30-52(60)46-25-16-10-17-26-46)62-63-56(72(57)67(61)62)36-49(41-71)65-59(63)42(2)31-32-50-39-69(50,65)5;1-3-5-4-2/h8-31,34-38,50H,6-7,32-33,39H2,1-5H3;3-5H,1H2,2H3/b;5-4-. The molecule has 0 amide bonds. The Morgan fingerprint density at radius 2 is 1.27 bits per heavy atom. The number of hydrogen-bond acceptors (Lipinski definition) is 2. The topological polar surface area (TPSA) is 52.0 Å². The highest BCUT2D eigenvalue weighted by Crippen LogP contribution is 2.63. The lowest BCUT2D eigenvalue weighted by molar-refractivity contribution is 0.521. The molecule has 0 bridgehead atoms. The third-order valence-corrected chi connectivity index (χ3v) is 17.3. The van der Waals surface area contributed by atoms with E-state index in [0.717, 1.165) is 115 Å². The van der Waals surface area contributed by atoms with Gasteiger partial charge in [-0.1, -0.05) is 210 Å². The van der Waals surface area contributed by atoms with Gasteiger partial charge in [0.15, 0.2) is 0 Å². The summed E-state index contributed by atoms with van der Waals surface area (Å²) in [6, 6.07) is 62.8. The lowest BCUT2D eigenvalue weighted by Gasteiger charge is -2.26. The van der Waals surface area contributed by atoms with Gasteiger partial charge in [0.1, 0.15) is 0 Å².